The van der Waals surface area contributed by atoms with Crippen LogP contribution in [0.15, 0.2) is 40.1 Å². The summed E-state index contributed by atoms with van der Waals surface area (Å²) in [6.45, 7) is 5.44. The van der Waals surface area contributed by atoms with E-state index in [1.807, 2.05) is 0 Å². The Kier molecular flexibility index (Phi) is 5.18. The van der Waals surface area contributed by atoms with Crippen molar-refractivity contribution in [2.45, 2.75) is 26.8 Å². The standard InChI is InChI=1S/C18H18ClFN4O3/c1-4-24-10(3)14(17(25)21-13-8-9(2)27-23-13)16(22-18(24)26)15-11(19)6-5-7-12(15)20/h5-8,16H,4H2,1-3H3,(H,22,26)(H,21,23,25)/t16-/m0/s1. The fourth-order valence-electron chi connectivity index (χ4n) is 3.07. The molecule has 0 unspecified atom stereocenters. The van der Waals surface area contributed by atoms with Gasteiger partial charge in [0, 0.05) is 28.9 Å². The zero-order chi connectivity index (χ0) is 19.7. The summed E-state index contributed by atoms with van der Waals surface area (Å²) in [7, 11) is 0. The van der Waals surface area contributed by atoms with Gasteiger partial charge in [0.25, 0.3) is 5.91 Å². The van der Waals surface area contributed by atoms with Gasteiger partial charge in [0.05, 0.1) is 11.6 Å². The Hall–Kier alpha value is -2.87. The molecule has 2 N–H and O–H groups in total. The summed E-state index contributed by atoms with van der Waals surface area (Å²) in [5.41, 5.74) is 0.608. The number of halogens is 2. The lowest BCUT2D eigenvalue weighted by molar-refractivity contribution is -0.113. The second-order valence-corrected chi connectivity index (χ2v) is 6.45. The molecule has 0 radical (unpaired) electrons. The van der Waals surface area contributed by atoms with E-state index < -0.39 is 23.8 Å². The number of benzene rings is 1. The first-order valence-corrected chi connectivity index (χ1v) is 8.68. The van der Waals surface area contributed by atoms with E-state index in [1.165, 1.54) is 23.1 Å². The summed E-state index contributed by atoms with van der Waals surface area (Å²) in [5, 5.41) is 9.13. The van der Waals surface area contributed by atoms with Crippen molar-refractivity contribution in [3.05, 3.63) is 57.7 Å². The summed E-state index contributed by atoms with van der Waals surface area (Å²) < 4.78 is 19.5. The van der Waals surface area contributed by atoms with Gasteiger partial charge in [-0.05, 0) is 32.9 Å². The molecular formula is C18H18ClFN4O3. The van der Waals surface area contributed by atoms with Gasteiger partial charge < -0.3 is 15.2 Å². The molecule has 0 bridgehead atoms. The van der Waals surface area contributed by atoms with Gasteiger partial charge in [0.15, 0.2) is 5.82 Å². The van der Waals surface area contributed by atoms with E-state index in [1.54, 1.807) is 26.8 Å². The largest absolute Gasteiger partial charge is 0.360 e. The van der Waals surface area contributed by atoms with Crippen molar-refractivity contribution in [3.63, 3.8) is 0 Å². The van der Waals surface area contributed by atoms with Crippen molar-refractivity contribution in [2.24, 2.45) is 0 Å². The van der Waals surface area contributed by atoms with Gasteiger partial charge in [-0.15, -0.1) is 0 Å². The predicted octanol–water partition coefficient (Wildman–Crippen LogP) is 3.77. The van der Waals surface area contributed by atoms with E-state index >= 15 is 0 Å². The van der Waals surface area contributed by atoms with Crippen LogP contribution >= 0.6 is 11.6 Å². The van der Waals surface area contributed by atoms with Crippen LogP contribution in [0.5, 0.6) is 0 Å². The number of carbonyl (C=O) groups is 2. The van der Waals surface area contributed by atoms with Gasteiger partial charge in [-0.1, -0.05) is 22.8 Å². The summed E-state index contributed by atoms with van der Waals surface area (Å²) in [6.07, 6.45) is 0. The number of nitrogens with one attached hydrogen (secondary N) is 2. The summed E-state index contributed by atoms with van der Waals surface area (Å²) in [4.78, 5) is 26.8. The average Bonchev–Trinajstić information content (AvgIpc) is 2.99. The van der Waals surface area contributed by atoms with Crippen LogP contribution in [0, 0.1) is 12.7 Å². The number of aromatic nitrogens is 1. The van der Waals surface area contributed by atoms with Crippen LogP contribution in [0.25, 0.3) is 0 Å². The number of carbonyl (C=O) groups excluding carboxylic acids is 2. The third-order valence-corrected chi connectivity index (χ3v) is 4.64. The lowest BCUT2D eigenvalue weighted by Crippen LogP contribution is -2.48. The van der Waals surface area contributed by atoms with Crippen molar-refractivity contribution >= 4 is 29.4 Å². The lowest BCUT2D eigenvalue weighted by Gasteiger charge is -2.35. The van der Waals surface area contributed by atoms with Crippen molar-refractivity contribution in [3.8, 4) is 0 Å². The van der Waals surface area contributed by atoms with E-state index in [9.17, 15) is 14.0 Å². The molecule has 0 saturated carbocycles. The second kappa shape index (κ2) is 7.40. The number of hydrogen-bond donors (Lipinski definition) is 2. The fourth-order valence-corrected chi connectivity index (χ4v) is 3.34. The molecule has 3 amide bonds. The van der Waals surface area contributed by atoms with E-state index in [-0.39, 0.29) is 22.0 Å². The molecule has 0 aliphatic carbocycles. The molecular weight excluding hydrogens is 375 g/mol. The topological polar surface area (TPSA) is 87.5 Å². The molecule has 7 nitrogen and oxygen atoms in total. The van der Waals surface area contributed by atoms with E-state index in [0.717, 1.165) is 0 Å². The van der Waals surface area contributed by atoms with Gasteiger partial charge in [-0.3, -0.25) is 9.69 Å². The van der Waals surface area contributed by atoms with Crippen molar-refractivity contribution < 1.29 is 18.5 Å². The fraction of sp³-hybridized carbons (Fsp3) is 0.278. The smallest absolute Gasteiger partial charge is 0.322 e. The maximum absolute atomic E-state index is 14.5. The molecule has 0 saturated heterocycles. The highest BCUT2D eigenvalue weighted by Crippen LogP contribution is 2.36. The highest BCUT2D eigenvalue weighted by atomic mass is 35.5. The molecule has 0 fully saturated rings. The monoisotopic (exact) mass is 392 g/mol. The maximum atomic E-state index is 14.5. The number of nitrogens with zero attached hydrogens (tertiary/aromatic N) is 2. The summed E-state index contributed by atoms with van der Waals surface area (Å²) in [6, 6.07) is 4.27. The molecule has 9 heteroatoms. The highest BCUT2D eigenvalue weighted by molar-refractivity contribution is 6.31. The van der Waals surface area contributed by atoms with Gasteiger partial charge in [-0.25, -0.2) is 9.18 Å². The number of allylic oxidation sites excluding steroid dienone is 1. The third kappa shape index (κ3) is 3.52. The zero-order valence-electron chi connectivity index (χ0n) is 15.0. The number of rotatable bonds is 4. The predicted molar refractivity (Wildman–Crippen MR) is 97.6 cm³/mol. The van der Waals surface area contributed by atoms with Crippen molar-refractivity contribution in [1.82, 2.24) is 15.4 Å². The third-order valence-electron chi connectivity index (χ3n) is 4.32. The van der Waals surface area contributed by atoms with Crippen LogP contribution in [0.3, 0.4) is 0 Å². The molecule has 1 aliphatic rings. The Balaban J connectivity index is 2.09. The van der Waals surface area contributed by atoms with Crippen molar-refractivity contribution in [2.75, 3.05) is 11.9 Å². The number of hydrogen-bond acceptors (Lipinski definition) is 4. The van der Waals surface area contributed by atoms with Gasteiger partial charge in [0.2, 0.25) is 0 Å². The number of aryl methyl sites for hydroxylation is 1. The molecule has 1 aromatic heterocycles. The van der Waals surface area contributed by atoms with Gasteiger partial charge in [-0.2, -0.15) is 0 Å². The molecule has 27 heavy (non-hydrogen) atoms. The molecule has 2 aromatic rings. The SMILES string of the molecule is CCN1C(=O)N[C@H](c2c(F)cccc2Cl)C(C(=O)Nc2cc(C)on2)=C1C. The summed E-state index contributed by atoms with van der Waals surface area (Å²) in [5.74, 6) is -0.412. The Morgan fingerprint density at radius 1 is 1.44 bits per heavy atom. The van der Waals surface area contributed by atoms with Crippen LogP contribution in [-0.2, 0) is 4.79 Å². The molecule has 1 aliphatic heterocycles. The van der Waals surface area contributed by atoms with Crippen LogP contribution < -0.4 is 10.6 Å². The minimum atomic E-state index is -1.04. The first kappa shape index (κ1) is 18.9. The minimum absolute atomic E-state index is 0.0316. The molecule has 1 atom stereocenters. The quantitative estimate of drug-likeness (QED) is 0.829. The van der Waals surface area contributed by atoms with Gasteiger partial charge in [0.1, 0.15) is 11.6 Å². The first-order valence-electron chi connectivity index (χ1n) is 8.30. The summed E-state index contributed by atoms with van der Waals surface area (Å²) >= 11 is 6.18. The van der Waals surface area contributed by atoms with Crippen LogP contribution in [-0.4, -0.2) is 28.5 Å². The maximum Gasteiger partial charge on any atom is 0.322 e. The normalized spacial score (nSPS) is 17.1. The molecule has 1 aromatic carbocycles. The Labute approximate surface area is 160 Å². The van der Waals surface area contributed by atoms with E-state index in [2.05, 4.69) is 15.8 Å². The Bertz CT molecular complexity index is 920. The molecule has 2 heterocycles. The Morgan fingerprint density at radius 2 is 2.19 bits per heavy atom. The number of amides is 3. The average molecular weight is 393 g/mol. The second-order valence-electron chi connectivity index (χ2n) is 6.04. The Morgan fingerprint density at radius 3 is 2.78 bits per heavy atom. The van der Waals surface area contributed by atoms with E-state index in [0.29, 0.717) is 18.0 Å². The zero-order valence-corrected chi connectivity index (χ0v) is 15.7. The van der Waals surface area contributed by atoms with Crippen LogP contribution in [0.1, 0.15) is 31.2 Å². The van der Waals surface area contributed by atoms with Crippen molar-refractivity contribution in [1.29, 1.82) is 0 Å². The molecule has 3 rings (SSSR count). The van der Waals surface area contributed by atoms with Crippen LogP contribution in [0.2, 0.25) is 5.02 Å². The lowest BCUT2D eigenvalue weighted by atomic mass is 9.93. The van der Waals surface area contributed by atoms with E-state index in [4.69, 9.17) is 16.1 Å². The minimum Gasteiger partial charge on any atom is -0.360 e. The van der Waals surface area contributed by atoms with Gasteiger partial charge >= 0.3 is 6.03 Å². The molecule has 0 spiro atoms. The molecule has 142 valence electrons. The first-order chi connectivity index (χ1) is 12.8. The van der Waals surface area contributed by atoms with Crippen LogP contribution in [0.4, 0.5) is 15.0 Å². The highest BCUT2D eigenvalue weighted by Gasteiger charge is 2.37. The number of anilines is 1. The number of urea groups is 1.